The Morgan fingerprint density at radius 1 is 0.340 bits per heavy atom. The fourth-order valence-corrected chi connectivity index (χ4v) is 8.09. The number of hydrogen-bond donors (Lipinski definition) is 0. The van der Waals surface area contributed by atoms with Gasteiger partial charge in [-0.05, 0) is 98.1 Å². The highest BCUT2D eigenvalue weighted by atomic mass is 15.1. The SMILES string of the molecule is CN(c1ccccc1)c1ccc(-c2ccc(-c3ccc4c(c3)c3c5ccccc5c5ccccc5c3n4-c3ccc(-c4ccccc4)cc3)cc2)cc1. The first kappa shape index (κ1) is 30.9. The van der Waals surface area contributed by atoms with E-state index in [1.807, 2.05) is 0 Å². The molecule has 1 heterocycles. The second-order valence-electron chi connectivity index (χ2n) is 13.8. The molecule has 0 aliphatic carbocycles. The first-order chi connectivity index (χ1) is 26.2. The quantitative estimate of drug-likeness (QED) is 0.159. The molecule has 0 aliphatic heterocycles. The van der Waals surface area contributed by atoms with E-state index in [9.17, 15) is 0 Å². The summed E-state index contributed by atoms with van der Waals surface area (Å²) in [6, 6.07) is 72.7. The van der Waals surface area contributed by atoms with Crippen LogP contribution in [0.15, 0.2) is 200 Å². The normalized spacial score (nSPS) is 11.5. The van der Waals surface area contributed by atoms with Gasteiger partial charge in [-0.2, -0.15) is 0 Å². The van der Waals surface area contributed by atoms with E-state index in [4.69, 9.17) is 0 Å². The van der Waals surface area contributed by atoms with Crippen LogP contribution in [0, 0.1) is 0 Å². The van der Waals surface area contributed by atoms with Gasteiger partial charge in [0.25, 0.3) is 0 Å². The number of para-hydroxylation sites is 1. The monoisotopic (exact) mass is 676 g/mol. The summed E-state index contributed by atoms with van der Waals surface area (Å²) in [4.78, 5) is 2.21. The largest absolute Gasteiger partial charge is 0.345 e. The van der Waals surface area contributed by atoms with Crippen molar-refractivity contribution < 1.29 is 0 Å². The smallest absolute Gasteiger partial charge is 0.0625 e. The zero-order valence-electron chi connectivity index (χ0n) is 29.4. The Balaban J connectivity index is 1.09. The first-order valence-electron chi connectivity index (χ1n) is 18.2. The van der Waals surface area contributed by atoms with E-state index in [0.29, 0.717) is 0 Å². The fourth-order valence-electron chi connectivity index (χ4n) is 8.09. The van der Waals surface area contributed by atoms with E-state index in [-0.39, 0.29) is 0 Å². The molecule has 0 unspecified atom stereocenters. The van der Waals surface area contributed by atoms with Crippen molar-refractivity contribution in [3.63, 3.8) is 0 Å². The summed E-state index contributed by atoms with van der Waals surface area (Å²) in [5, 5.41) is 7.64. The van der Waals surface area contributed by atoms with Gasteiger partial charge in [0.2, 0.25) is 0 Å². The molecule has 53 heavy (non-hydrogen) atoms. The number of aromatic nitrogens is 1. The number of fused-ring (bicyclic) bond motifs is 8. The van der Waals surface area contributed by atoms with Gasteiger partial charge in [0.15, 0.2) is 0 Å². The van der Waals surface area contributed by atoms with Crippen LogP contribution in [-0.4, -0.2) is 11.6 Å². The van der Waals surface area contributed by atoms with Gasteiger partial charge < -0.3 is 9.47 Å². The van der Waals surface area contributed by atoms with Gasteiger partial charge in [-0.1, -0.05) is 152 Å². The Labute approximate surface area is 309 Å². The molecule has 0 saturated carbocycles. The van der Waals surface area contributed by atoms with Crippen LogP contribution >= 0.6 is 0 Å². The molecule has 2 heteroatoms. The minimum Gasteiger partial charge on any atom is -0.345 e. The van der Waals surface area contributed by atoms with E-state index < -0.39 is 0 Å². The van der Waals surface area contributed by atoms with Crippen molar-refractivity contribution in [2.75, 3.05) is 11.9 Å². The molecule has 10 aromatic rings. The van der Waals surface area contributed by atoms with Crippen LogP contribution in [-0.2, 0) is 0 Å². The van der Waals surface area contributed by atoms with Gasteiger partial charge in [-0.15, -0.1) is 0 Å². The highest BCUT2D eigenvalue weighted by molar-refractivity contribution is 6.32. The molecule has 0 amide bonds. The summed E-state index contributed by atoms with van der Waals surface area (Å²) in [5.74, 6) is 0. The maximum absolute atomic E-state index is 2.47. The van der Waals surface area contributed by atoms with E-state index in [0.717, 1.165) is 11.4 Å². The van der Waals surface area contributed by atoms with Crippen LogP contribution in [0.4, 0.5) is 11.4 Å². The molecule has 0 atom stereocenters. The molecular weight excluding hydrogens is 641 g/mol. The van der Waals surface area contributed by atoms with Gasteiger partial charge in [0, 0.05) is 40.3 Å². The van der Waals surface area contributed by atoms with Crippen LogP contribution in [0.2, 0.25) is 0 Å². The Kier molecular flexibility index (Phi) is 7.40. The highest BCUT2D eigenvalue weighted by Crippen LogP contribution is 2.43. The van der Waals surface area contributed by atoms with Gasteiger partial charge in [-0.25, -0.2) is 0 Å². The summed E-state index contributed by atoms with van der Waals surface area (Å²) in [7, 11) is 2.11. The third kappa shape index (κ3) is 5.27. The van der Waals surface area contributed by atoms with E-state index in [1.165, 1.54) is 82.4 Å². The number of benzene rings is 9. The van der Waals surface area contributed by atoms with Crippen molar-refractivity contribution in [2.24, 2.45) is 0 Å². The van der Waals surface area contributed by atoms with Crippen molar-refractivity contribution in [1.29, 1.82) is 0 Å². The third-order valence-electron chi connectivity index (χ3n) is 10.8. The molecule has 10 rings (SSSR count). The number of hydrogen-bond acceptors (Lipinski definition) is 1. The summed E-state index contributed by atoms with van der Waals surface area (Å²) < 4.78 is 2.47. The van der Waals surface area contributed by atoms with Crippen molar-refractivity contribution in [3.05, 3.63) is 200 Å². The predicted octanol–water partition coefficient (Wildman–Crippen LogP) is 13.9. The lowest BCUT2D eigenvalue weighted by Crippen LogP contribution is -2.08. The summed E-state index contributed by atoms with van der Waals surface area (Å²) in [5.41, 5.74) is 13.2. The zero-order chi connectivity index (χ0) is 35.3. The lowest BCUT2D eigenvalue weighted by molar-refractivity contribution is 1.19. The minimum absolute atomic E-state index is 1.16. The molecule has 0 spiro atoms. The van der Waals surface area contributed by atoms with E-state index in [1.54, 1.807) is 0 Å². The zero-order valence-corrected chi connectivity index (χ0v) is 29.4. The number of rotatable bonds is 6. The van der Waals surface area contributed by atoms with Gasteiger partial charge >= 0.3 is 0 Å². The van der Waals surface area contributed by atoms with Crippen LogP contribution in [0.25, 0.3) is 82.4 Å². The molecule has 9 aromatic carbocycles. The van der Waals surface area contributed by atoms with Crippen LogP contribution < -0.4 is 4.90 Å². The average molecular weight is 677 g/mol. The Morgan fingerprint density at radius 3 is 1.42 bits per heavy atom. The molecule has 2 nitrogen and oxygen atoms in total. The van der Waals surface area contributed by atoms with E-state index in [2.05, 4.69) is 217 Å². The highest BCUT2D eigenvalue weighted by Gasteiger charge is 2.19. The molecule has 0 bridgehead atoms. The molecule has 250 valence electrons. The second kappa shape index (κ2) is 12.7. The van der Waals surface area contributed by atoms with Crippen molar-refractivity contribution >= 4 is 54.7 Å². The second-order valence-corrected chi connectivity index (χ2v) is 13.8. The average Bonchev–Trinajstić information content (AvgIpc) is 3.59. The number of nitrogens with zero attached hydrogens (tertiary/aromatic N) is 2. The Morgan fingerprint density at radius 2 is 0.774 bits per heavy atom. The molecule has 1 aromatic heterocycles. The topological polar surface area (TPSA) is 8.17 Å². The summed E-state index contributed by atoms with van der Waals surface area (Å²) in [6.07, 6.45) is 0. The lowest BCUT2D eigenvalue weighted by atomic mass is 9.95. The molecule has 0 saturated heterocycles. The predicted molar refractivity (Wildman–Crippen MR) is 227 cm³/mol. The van der Waals surface area contributed by atoms with Gasteiger partial charge in [0.1, 0.15) is 0 Å². The Bertz CT molecular complexity index is 2900. The van der Waals surface area contributed by atoms with E-state index >= 15 is 0 Å². The number of anilines is 2. The minimum atomic E-state index is 1.16. The molecule has 0 fully saturated rings. The van der Waals surface area contributed by atoms with Gasteiger partial charge in [0.05, 0.1) is 11.0 Å². The van der Waals surface area contributed by atoms with Crippen LogP contribution in [0.5, 0.6) is 0 Å². The van der Waals surface area contributed by atoms with Crippen molar-refractivity contribution in [2.45, 2.75) is 0 Å². The van der Waals surface area contributed by atoms with Crippen LogP contribution in [0.1, 0.15) is 0 Å². The van der Waals surface area contributed by atoms with Gasteiger partial charge in [-0.3, -0.25) is 0 Å². The van der Waals surface area contributed by atoms with Crippen LogP contribution in [0.3, 0.4) is 0 Å². The van der Waals surface area contributed by atoms with Crippen molar-refractivity contribution in [3.8, 4) is 39.1 Å². The summed E-state index contributed by atoms with van der Waals surface area (Å²) >= 11 is 0. The maximum atomic E-state index is 2.47. The summed E-state index contributed by atoms with van der Waals surface area (Å²) in [6.45, 7) is 0. The fraction of sp³-hybridized carbons (Fsp3) is 0.0196. The Hall–Kier alpha value is -6.90. The maximum Gasteiger partial charge on any atom is 0.0625 e. The lowest BCUT2D eigenvalue weighted by Gasteiger charge is -2.19. The molecule has 0 radical (unpaired) electrons. The molecule has 0 N–H and O–H groups in total. The standard InChI is InChI=1S/C51H36N2/c1-52(41-14-6-3-7-15-41)42-29-24-38(25-30-42)36-20-22-39(23-21-36)40-28-33-49-48(34-40)50-46-18-10-8-16-44(46)45-17-9-11-19-47(45)51(50)53(49)43-31-26-37(27-32-43)35-12-4-2-5-13-35/h2-34H,1H3. The molecule has 0 aliphatic rings. The first-order valence-corrected chi connectivity index (χ1v) is 18.2. The van der Waals surface area contributed by atoms with Crippen molar-refractivity contribution in [1.82, 2.24) is 4.57 Å². The molecular formula is C51H36N2. The third-order valence-corrected chi connectivity index (χ3v) is 10.8.